The van der Waals surface area contributed by atoms with E-state index >= 15 is 0 Å². The summed E-state index contributed by atoms with van der Waals surface area (Å²) in [6, 6.07) is 2.78. The Labute approximate surface area is 192 Å². The number of amides is 2. The number of carbonyl (C=O) groups is 6. The molecular formula is C23H21NO10. The molecule has 0 aromatic heterocycles. The van der Waals surface area contributed by atoms with E-state index in [1.807, 2.05) is 0 Å². The summed E-state index contributed by atoms with van der Waals surface area (Å²) < 4.78 is 5.31. The van der Waals surface area contributed by atoms with Gasteiger partial charge in [0, 0.05) is 28.3 Å². The summed E-state index contributed by atoms with van der Waals surface area (Å²) in [4.78, 5) is 74.9. The summed E-state index contributed by atoms with van der Waals surface area (Å²) in [7, 11) is 0. The van der Waals surface area contributed by atoms with Gasteiger partial charge in [0.1, 0.15) is 11.6 Å². The van der Waals surface area contributed by atoms with Crippen molar-refractivity contribution in [3.05, 3.63) is 46.5 Å². The lowest BCUT2D eigenvalue weighted by Crippen LogP contribution is -2.52. The number of ether oxygens (including phenoxy) is 1. The lowest BCUT2D eigenvalue weighted by atomic mass is 9.87. The Bertz CT molecular complexity index is 1200. The minimum atomic E-state index is -1.57. The Kier molecular flexibility index (Phi) is 6.15. The standard InChI is InChI=1S/C23H21NO10/c1-23(2,3)34-22(33)14(8-9-15(25)26)24-18(27)10-4-6-12(20(29)30)17-13(21(31)32)7-5-11(16(10)17)19(24)28/h4-7,14H,8-9H2,1-3H3,(H,25,26)(H,29,30)(H,31,32)/t14-/m0/s1. The number of rotatable bonds is 7. The maximum Gasteiger partial charge on any atom is 0.336 e. The molecule has 0 saturated carbocycles. The molecular weight excluding hydrogens is 450 g/mol. The molecule has 3 rings (SSSR count). The van der Waals surface area contributed by atoms with Gasteiger partial charge in [-0.3, -0.25) is 19.3 Å². The lowest BCUT2D eigenvalue weighted by molar-refractivity contribution is -0.160. The van der Waals surface area contributed by atoms with E-state index in [4.69, 9.17) is 9.84 Å². The normalized spacial score (nSPS) is 14.1. The van der Waals surface area contributed by atoms with Gasteiger partial charge >= 0.3 is 23.9 Å². The Hall–Kier alpha value is -4.28. The predicted octanol–water partition coefficient (Wildman–Crippen LogP) is 2.41. The zero-order valence-electron chi connectivity index (χ0n) is 18.4. The van der Waals surface area contributed by atoms with E-state index in [1.54, 1.807) is 20.8 Å². The molecule has 2 aromatic rings. The van der Waals surface area contributed by atoms with Crippen molar-refractivity contribution in [2.24, 2.45) is 0 Å². The third-order valence-corrected chi connectivity index (χ3v) is 5.14. The molecule has 0 bridgehead atoms. The first-order valence-corrected chi connectivity index (χ1v) is 10.1. The number of aromatic carboxylic acids is 2. The molecule has 2 aromatic carbocycles. The van der Waals surface area contributed by atoms with Gasteiger partial charge in [0.15, 0.2) is 0 Å². The van der Waals surface area contributed by atoms with Crippen LogP contribution in [0.5, 0.6) is 0 Å². The van der Waals surface area contributed by atoms with Crippen LogP contribution in [0, 0.1) is 0 Å². The molecule has 1 heterocycles. The largest absolute Gasteiger partial charge is 0.481 e. The van der Waals surface area contributed by atoms with Crippen molar-refractivity contribution in [1.82, 2.24) is 4.90 Å². The van der Waals surface area contributed by atoms with E-state index in [0.29, 0.717) is 4.90 Å². The third-order valence-electron chi connectivity index (χ3n) is 5.14. The zero-order valence-corrected chi connectivity index (χ0v) is 18.4. The van der Waals surface area contributed by atoms with Gasteiger partial charge < -0.3 is 20.1 Å². The molecule has 178 valence electrons. The summed E-state index contributed by atoms with van der Waals surface area (Å²) in [6.45, 7) is 4.70. The summed E-state index contributed by atoms with van der Waals surface area (Å²) in [5.41, 5.74) is -2.21. The molecule has 0 saturated heterocycles. The lowest BCUT2D eigenvalue weighted by Gasteiger charge is -2.34. The molecule has 2 amide bonds. The van der Waals surface area contributed by atoms with Crippen molar-refractivity contribution in [3.63, 3.8) is 0 Å². The number of carboxylic acid groups (broad SMARTS) is 3. The molecule has 1 atom stereocenters. The van der Waals surface area contributed by atoms with Gasteiger partial charge in [-0.1, -0.05) is 0 Å². The van der Waals surface area contributed by atoms with Crippen LogP contribution in [-0.4, -0.2) is 67.6 Å². The van der Waals surface area contributed by atoms with E-state index in [9.17, 15) is 39.0 Å². The first kappa shape index (κ1) is 24.4. The van der Waals surface area contributed by atoms with Crippen LogP contribution >= 0.6 is 0 Å². The summed E-state index contributed by atoms with van der Waals surface area (Å²) >= 11 is 0. The summed E-state index contributed by atoms with van der Waals surface area (Å²) in [6.07, 6.45) is -0.959. The van der Waals surface area contributed by atoms with Gasteiger partial charge in [-0.2, -0.15) is 0 Å². The van der Waals surface area contributed by atoms with E-state index in [-0.39, 0.29) is 21.9 Å². The SMILES string of the molecule is CC(C)(C)OC(=O)[C@H](CCC(=O)O)N1C(=O)c2ccc(C(=O)O)c3c(C(=O)O)ccc(c23)C1=O. The van der Waals surface area contributed by atoms with E-state index in [2.05, 4.69) is 0 Å². The molecule has 0 unspecified atom stereocenters. The molecule has 34 heavy (non-hydrogen) atoms. The Morgan fingerprint density at radius 3 is 1.71 bits per heavy atom. The second kappa shape index (κ2) is 8.58. The number of benzene rings is 2. The number of aliphatic carboxylic acids is 1. The number of hydrogen-bond acceptors (Lipinski definition) is 7. The third kappa shape index (κ3) is 4.32. The van der Waals surface area contributed by atoms with Crippen LogP contribution in [0.3, 0.4) is 0 Å². The number of carbonyl (C=O) groups excluding carboxylic acids is 3. The maximum absolute atomic E-state index is 13.4. The van der Waals surface area contributed by atoms with Gasteiger partial charge in [0.05, 0.1) is 11.1 Å². The fourth-order valence-corrected chi connectivity index (χ4v) is 3.83. The smallest absolute Gasteiger partial charge is 0.336 e. The minimum absolute atomic E-state index is 0.160. The molecule has 11 heteroatoms. The zero-order chi connectivity index (χ0) is 25.5. The highest BCUT2D eigenvalue weighted by Gasteiger charge is 2.43. The molecule has 3 N–H and O–H groups in total. The molecule has 0 aliphatic carbocycles. The van der Waals surface area contributed by atoms with Gasteiger partial charge in [-0.05, 0) is 51.5 Å². The average molecular weight is 471 g/mol. The van der Waals surface area contributed by atoms with Gasteiger partial charge in [0.25, 0.3) is 11.8 Å². The monoisotopic (exact) mass is 471 g/mol. The van der Waals surface area contributed by atoms with Crippen LogP contribution in [0.2, 0.25) is 0 Å². The first-order chi connectivity index (χ1) is 15.7. The molecule has 11 nitrogen and oxygen atoms in total. The molecule has 0 fully saturated rings. The summed E-state index contributed by atoms with van der Waals surface area (Å²) in [5, 5.41) is 27.7. The van der Waals surface area contributed by atoms with Crippen LogP contribution in [-0.2, 0) is 14.3 Å². The predicted molar refractivity (Wildman–Crippen MR) is 115 cm³/mol. The van der Waals surface area contributed by atoms with Crippen molar-refractivity contribution in [2.75, 3.05) is 0 Å². The number of imide groups is 1. The summed E-state index contributed by atoms with van der Waals surface area (Å²) in [5.74, 6) is -7.15. The van der Waals surface area contributed by atoms with E-state index in [0.717, 1.165) is 24.3 Å². The highest BCUT2D eigenvalue weighted by atomic mass is 16.6. The van der Waals surface area contributed by atoms with Gasteiger partial charge in [0.2, 0.25) is 0 Å². The van der Waals surface area contributed by atoms with Crippen molar-refractivity contribution in [2.45, 2.75) is 45.3 Å². The Morgan fingerprint density at radius 2 is 1.32 bits per heavy atom. The fourth-order valence-electron chi connectivity index (χ4n) is 3.83. The van der Waals surface area contributed by atoms with E-state index in [1.165, 1.54) is 0 Å². The molecule has 0 radical (unpaired) electrons. The molecule has 1 aliphatic rings. The number of hydrogen-bond donors (Lipinski definition) is 3. The topological polar surface area (TPSA) is 176 Å². The first-order valence-electron chi connectivity index (χ1n) is 10.1. The molecule has 1 aliphatic heterocycles. The maximum atomic E-state index is 13.4. The van der Waals surface area contributed by atoms with Crippen molar-refractivity contribution in [3.8, 4) is 0 Å². The second-order valence-corrected chi connectivity index (χ2v) is 8.64. The Morgan fingerprint density at radius 1 is 0.853 bits per heavy atom. The van der Waals surface area contributed by atoms with Crippen molar-refractivity contribution in [1.29, 1.82) is 0 Å². The number of nitrogens with zero attached hydrogens (tertiary/aromatic N) is 1. The van der Waals surface area contributed by atoms with Crippen molar-refractivity contribution >= 4 is 46.5 Å². The van der Waals surface area contributed by atoms with Crippen molar-refractivity contribution < 1.29 is 48.8 Å². The van der Waals surface area contributed by atoms with Crippen LogP contribution in [0.25, 0.3) is 10.8 Å². The molecule has 0 spiro atoms. The average Bonchev–Trinajstić information content (AvgIpc) is 2.71. The second-order valence-electron chi connectivity index (χ2n) is 8.64. The van der Waals surface area contributed by atoms with Crippen LogP contribution in [0.15, 0.2) is 24.3 Å². The van der Waals surface area contributed by atoms with Gasteiger partial charge in [-0.25, -0.2) is 14.4 Å². The number of esters is 1. The van der Waals surface area contributed by atoms with Gasteiger partial charge in [-0.15, -0.1) is 0 Å². The van der Waals surface area contributed by atoms with E-state index < -0.39 is 71.3 Å². The highest BCUT2D eigenvalue weighted by molar-refractivity contribution is 6.30. The van der Waals surface area contributed by atoms with Crippen LogP contribution in [0.1, 0.15) is 75.0 Å². The number of carboxylic acids is 3. The fraction of sp³-hybridized carbons (Fsp3) is 0.304. The highest BCUT2D eigenvalue weighted by Crippen LogP contribution is 2.36. The minimum Gasteiger partial charge on any atom is -0.481 e. The van der Waals surface area contributed by atoms with Crippen LogP contribution < -0.4 is 0 Å². The Balaban J connectivity index is 2.24. The van der Waals surface area contributed by atoms with Crippen LogP contribution in [0.4, 0.5) is 0 Å². The quantitative estimate of drug-likeness (QED) is 0.401.